The number of piperidine rings is 1. The lowest BCUT2D eigenvalue weighted by molar-refractivity contribution is -0.128. The summed E-state index contributed by atoms with van der Waals surface area (Å²) >= 11 is 6.82. The van der Waals surface area contributed by atoms with Crippen molar-refractivity contribution in [1.82, 2.24) is 9.80 Å². The Morgan fingerprint density at radius 2 is 1.11 bits per heavy atom. The lowest BCUT2D eigenvalue weighted by atomic mass is 9.93. The fourth-order valence-corrected chi connectivity index (χ4v) is 12.2. The Hall–Kier alpha value is -1.66. The van der Waals surface area contributed by atoms with Crippen molar-refractivity contribution in [2.75, 3.05) is 38.1 Å². The van der Waals surface area contributed by atoms with E-state index in [1.807, 2.05) is 12.1 Å². The molecular formula is C48H84ClN3O6Si4. The first-order valence-electron chi connectivity index (χ1n) is 22.9. The van der Waals surface area contributed by atoms with E-state index in [4.69, 9.17) is 29.3 Å². The van der Waals surface area contributed by atoms with Crippen LogP contribution >= 0.6 is 11.6 Å². The molecule has 0 aliphatic carbocycles. The number of likely N-dealkylation sites (tertiary alicyclic amines) is 1. The molecule has 2 aromatic rings. The summed E-state index contributed by atoms with van der Waals surface area (Å²) in [6.45, 7) is 49.2. The van der Waals surface area contributed by atoms with Crippen LogP contribution in [-0.4, -0.2) is 112 Å². The molecule has 1 fully saturated rings. The Bertz CT molecular complexity index is 1860. The number of carbonyl (C=O) groups excluding carboxylic acids is 2. The van der Waals surface area contributed by atoms with Gasteiger partial charge in [-0.3, -0.25) is 19.4 Å². The second-order valence-electron chi connectivity index (χ2n) is 24.1. The van der Waals surface area contributed by atoms with Gasteiger partial charge in [0.25, 0.3) is 11.8 Å². The minimum atomic E-state index is -2.37. The summed E-state index contributed by atoms with van der Waals surface area (Å²) in [6, 6.07) is 13.0. The van der Waals surface area contributed by atoms with Gasteiger partial charge in [0.15, 0.2) is 33.3 Å². The van der Waals surface area contributed by atoms with E-state index in [9.17, 15) is 9.59 Å². The molecule has 2 heterocycles. The fraction of sp³-hybridized carbons (Fsp3) is 0.708. The van der Waals surface area contributed by atoms with E-state index >= 15 is 0 Å². The number of hydrogen-bond acceptors (Lipinski definition) is 8. The van der Waals surface area contributed by atoms with Crippen LogP contribution < -0.4 is 5.32 Å². The first-order valence-corrected chi connectivity index (χ1v) is 34.9. The highest BCUT2D eigenvalue weighted by molar-refractivity contribution is 6.75. The minimum Gasteiger partial charge on any atom is -0.415 e. The smallest absolute Gasteiger partial charge is 0.261 e. The van der Waals surface area contributed by atoms with Crippen LogP contribution in [0.15, 0.2) is 42.5 Å². The highest BCUT2D eigenvalue weighted by Crippen LogP contribution is 2.46. The van der Waals surface area contributed by atoms with E-state index in [-0.39, 0.29) is 62.9 Å². The fourth-order valence-electron chi connectivity index (χ4n) is 6.98. The zero-order valence-electron chi connectivity index (χ0n) is 42.3. The number of nitrogens with one attached hydrogen (secondary N) is 1. The van der Waals surface area contributed by atoms with Crippen LogP contribution in [0.3, 0.4) is 0 Å². The number of benzene rings is 2. The molecule has 4 rings (SSSR count). The molecule has 1 N–H and O–H groups in total. The van der Waals surface area contributed by atoms with E-state index < -0.39 is 33.3 Å². The second kappa shape index (κ2) is 18.9. The highest BCUT2D eigenvalue weighted by atomic mass is 35.5. The molecule has 14 heteroatoms. The number of nitrogens with zero attached hydrogens (tertiary/aromatic N) is 2. The summed E-state index contributed by atoms with van der Waals surface area (Å²) in [7, 11) is -9.16. The maximum Gasteiger partial charge on any atom is 0.261 e. The number of anilines is 1. The third kappa shape index (κ3) is 12.2. The standard InChI is InChI=1S/C48H84ClN3O6Si4/c1-45(2,3)59(13,14)55-33-39-41(57-61(17,18)47(7,8)9)42(58-62(19,20)48(10,11)12)40(56-60(15,16)46(4,5)6)32-51(39)27-25-34-29-35(49)31-36(30-34)50-26-28-52-43(53)37-23-21-22-24-38(37)44(52)54/h21-24,29-31,39-42,50H,25-28,32-33H2,1-20H3/t39-,40?,41?,42?/m1/s1. The predicted molar refractivity (Wildman–Crippen MR) is 270 cm³/mol. The van der Waals surface area contributed by atoms with E-state index in [1.54, 1.807) is 24.3 Å². The molecule has 0 saturated carbocycles. The third-order valence-corrected chi connectivity index (χ3v) is 33.5. The molecule has 62 heavy (non-hydrogen) atoms. The zero-order valence-corrected chi connectivity index (χ0v) is 47.1. The highest BCUT2D eigenvalue weighted by Gasteiger charge is 2.55. The van der Waals surface area contributed by atoms with Gasteiger partial charge in [-0.05, 0) is 115 Å². The van der Waals surface area contributed by atoms with Gasteiger partial charge in [0.2, 0.25) is 0 Å². The first kappa shape index (κ1) is 53.0. The van der Waals surface area contributed by atoms with Crippen LogP contribution in [0, 0.1) is 0 Å². The lowest BCUT2D eigenvalue weighted by Crippen LogP contribution is -2.70. The molecule has 3 unspecified atom stereocenters. The molecule has 0 aromatic heterocycles. The van der Waals surface area contributed by atoms with E-state index in [0.29, 0.717) is 35.8 Å². The molecule has 0 bridgehead atoms. The predicted octanol–water partition coefficient (Wildman–Crippen LogP) is 12.5. The van der Waals surface area contributed by atoms with E-state index in [2.05, 4.69) is 152 Å². The summed E-state index contributed by atoms with van der Waals surface area (Å²) < 4.78 is 30.2. The van der Waals surface area contributed by atoms with Crippen molar-refractivity contribution in [1.29, 1.82) is 0 Å². The van der Waals surface area contributed by atoms with E-state index in [1.165, 1.54) is 4.90 Å². The third-order valence-electron chi connectivity index (χ3n) is 15.3. The number of carbonyl (C=O) groups is 2. The number of imide groups is 1. The number of hydrogen-bond donors (Lipinski definition) is 1. The largest absolute Gasteiger partial charge is 0.415 e. The monoisotopic (exact) mass is 946 g/mol. The normalized spacial score (nSPS) is 21.5. The van der Waals surface area contributed by atoms with Gasteiger partial charge in [-0.1, -0.05) is 107 Å². The number of halogens is 1. The number of rotatable bonds is 16. The van der Waals surface area contributed by atoms with Gasteiger partial charge in [-0.15, -0.1) is 0 Å². The second-order valence-corrected chi connectivity index (χ2v) is 43.6. The van der Waals surface area contributed by atoms with Crippen LogP contribution in [0.1, 0.15) is 109 Å². The Morgan fingerprint density at radius 3 is 1.60 bits per heavy atom. The summed E-state index contributed by atoms with van der Waals surface area (Å²) in [6.07, 6.45) is -0.0235. The van der Waals surface area contributed by atoms with Gasteiger partial charge in [-0.25, -0.2) is 0 Å². The molecule has 4 atom stereocenters. The van der Waals surface area contributed by atoms with E-state index in [0.717, 1.165) is 24.2 Å². The van der Waals surface area contributed by atoms with Gasteiger partial charge in [0, 0.05) is 36.9 Å². The quantitative estimate of drug-likeness (QED) is 0.131. The summed E-state index contributed by atoms with van der Waals surface area (Å²) in [4.78, 5) is 30.0. The SMILES string of the molecule is CC(C)(C)[Si](C)(C)OC[C@@H]1C(O[Si](C)(C)C(C)(C)C)C(O[Si](C)(C)C(C)(C)C)C(O[Si](C)(C)C(C)(C)C)CN1CCc1cc(Cl)cc(NCCN2C(=O)c3ccccc3C2=O)c1. The van der Waals surface area contributed by atoms with Crippen LogP contribution in [0.25, 0.3) is 0 Å². The van der Waals surface area contributed by atoms with Crippen LogP contribution in [-0.2, 0) is 24.1 Å². The van der Waals surface area contributed by atoms with Crippen molar-refractivity contribution >= 4 is 62.4 Å². The maximum atomic E-state index is 13.0. The number of amides is 2. The Morgan fingerprint density at radius 1 is 0.645 bits per heavy atom. The summed E-state index contributed by atoms with van der Waals surface area (Å²) in [5.41, 5.74) is 2.86. The first-order chi connectivity index (χ1) is 28.0. The van der Waals surface area contributed by atoms with Gasteiger partial charge < -0.3 is 23.0 Å². The Labute approximate surface area is 386 Å². The van der Waals surface area contributed by atoms with Gasteiger partial charge in [-0.2, -0.15) is 0 Å². The van der Waals surface area contributed by atoms with Gasteiger partial charge >= 0.3 is 0 Å². The average Bonchev–Trinajstić information content (AvgIpc) is 3.34. The average molecular weight is 947 g/mol. The maximum absolute atomic E-state index is 13.0. The minimum absolute atomic E-state index is 0.000947. The number of fused-ring (bicyclic) bond motifs is 1. The van der Waals surface area contributed by atoms with Crippen molar-refractivity contribution in [3.8, 4) is 0 Å². The Balaban J connectivity index is 1.74. The Kier molecular flexibility index (Phi) is 16.2. The molecule has 2 aliphatic rings. The van der Waals surface area contributed by atoms with Crippen LogP contribution in [0.2, 0.25) is 77.6 Å². The molecule has 2 aliphatic heterocycles. The molecule has 9 nitrogen and oxygen atoms in total. The van der Waals surface area contributed by atoms with Crippen LogP contribution in [0.4, 0.5) is 5.69 Å². The van der Waals surface area contributed by atoms with Gasteiger partial charge in [0.05, 0.1) is 42.1 Å². The van der Waals surface area contributed by atoms with Crippen molar-refractivity contribution < 1.29 is 27.3 Å². The van der Waals surface area contributed by atoms with Crippen molar-refractivity contribution in [2.45, 2.75) is 186 Å². The van der Waals surface area contributed by atoms with Gasteiger partial charge in [0.1, 0.15) is 0 Å². The van der Waals surface area contributed by atoms with Crippen molar-refractivity contribution in [3.05, 3.63) is 64.2 Å². The molecule has 2 aromatic carbocycles. The molecular weight excluding hydrogens is 862 g/mol. The molecule has 1 saturated heterocycles. The summed E-state index contributed by atoms with van der Waals surface area (Å²) in [5, 5.41) is 4.08. The van der Waals surface area contributed by atoms with Crippen molar-refractivity contribution in [2.24, 2.45) is 0 Å². The zero-order chi connectivity index (χ0) is 47.2. The molecule has 350 valence electrons. The van der Waals surface area contributed by atoms with Crippen LogP contribution in [0.5, 0.6) is 0 Å². The summed E-state index contributed by atoms with van der Waals surface area (Å²) in [5.74, 6) is -0.507. The molecule has 2 amide bonds. The molecule has 0 spiro atoms. The lowest BCUT2D eigenvalue weighted by Gasteiger charge is -2.56. The molecule has 0 radical (unpaired) electrons. The topological polar surface area (TPSA) is 89.6 Å². The van der Waals surface area contributed by atoms with Crippen molar-refractivity contribution in [3.63, 3.8) is 0 Å².